The van der Waals surface area contributed by atoms with Crippen molar-refractivity contribution in [2.24, 2.45) is 0 Å². The molecule has 1 aliphatic heterocycles. The van der Waals surface area contributed by atoms with Crippen LogP contribution in [0.5, 0.6) is 0 Å². The number of anilines is 1. The van der Waals surface area contributed by atoms with E-state index < -0.39 is 10.0 Å². The van der Waals surface area contributed by atoms with Crippen molar-refractivity contribution in [3.8, 4) is 0 Å². The number of hydrogen-bond acceptors (Lipinski definition) is 4. The van der Waals surface area contributed by atoms with Crippen molar-refractivity contribution in [2.45, 2.75) is 24.2 Å². The summed E-state index contributed by atoms with van der Waals surface area (Å²) >= 11 is 0. The van der Waals surface area contributed by atoms with E-state index in [2.05, 4.69) is 9.71 Å². The fourth-order valence-corrected chi connectivity index (χ4v) is 3.60. The number of benzene rings is 1. The Labute approximate surface area is 139 Å². The second-order valence-electron chi connectivity index (χ2n) is 5.48. The summed E-state index contributed by atoms with van der Waals surface area (Å²) in [5, 5.41) is 0. The Morgan fingerprint density at radius 3 is 2.29 bits per heavy atom. The molecule has 1 aromatic heterocycles. The average molecular weight is 347 g/mol. The van der Waals surface area contributed by atoms with E-state index in [1.807, 2.05) is 12.3 Å². The van der Waals surface area contributed by atoms with Gasteiger partial charge in [0.05, 0.1) is 10.6 Å². The number of hydrogen-bond donors (Lipinski definition) is 2. The Balaban J connectivity index is 1.67. The van der Waals surface area contributed by atoms with Crippen molar-refractivity contribution in [2.75, 3.05) is 11.4 Å². The second kappa shape index (κ2) is 6.58. The molecule has 0 bridgehead atoms. The Hall–Kier alpha value is -2.45. The maximum atomic E-state index is 12.3. The number of carbonyl (C=O) groups excluding carboxylic acids is 2. The summed E-state index contributed by atoms with van der Waals surface area (Å²) in [6.45, 7) is 0.283. The lowest BCUT2D eigenvalue weighted by Crippen LogP contribution is -2.29. The van der Waals surface area contributed by atoms with Crippen LogP contribution in [0.3, 0.4) is 0 Å². The number of carbonyl (C=O) groups is 2. The lowest BCUT2D eigenvalue weighted by atomic mass is 10.2. The zero-order chi connectivity index (χ0) is 17.2. The predicted octanol–water partition coefficient (Wildman–Crippen LogP) is 1.19. The van der Waals surface area contributed by atoms with Crippen LogP contribution in [0.4, 0.5) is 5.69 Å². The number of nitrogens with zero attached hydrogens (tertiary/aromatic N) is 1. The van der Waals surface area contributed by atoms with Gasteiger partial charge in [-0.1, -0.05) is 0 Å². The van der Waals surface area contributed by atoms with Gasteiger partial charge < -0.3 is 4.98 Å². The molecule has 0 radical (unpaired) electrons. The molecule has 0 unspecified atom stereocenters. The molecule has 1 aromatic carbocycles. The summed E-state index contributed by atoms with van der Waals surface area (Å²) in [6, 6.07) is 7.62. The lowest BCUT2D eigenvalue weighted by Gasteiger charge is -2.14. The van der Waals surface area contributed by atoms with Crippen LogP contribution in [0.25, 0.3) is 0 Å². The summed E-state index contributed by atoms with van der Waals surface area (Å²) < 4.78 is 27.0. The summed E-state index contributed by atoms with van der Waals surface area (Å²) in [5.41, 5.74) is 1.41. The highest BCUT2D eigenvalue weighted by molar-refractivity contribution is 7.89. The molecule has 1 fully saturated rings. The lowest BCUT2D eigenvalue weighted by molar-refractivity contribution is -0.121. The highest BCUT2D eigenvalue weighted by atomic mass is 32.2. The fourth-order valence-electron chi connectivity index (χ4n) is 2.57. The summed E-state index contributed by atoms with van der Waals surface area (Å²) in [5.74, 6) is -0.527. The van der Waals surface area contributed by atoms with E-state index in [0.717, 1.165) is 10.5 Å². The highest BCUT2D eigenvalue weighted by Crippen LogP contribution is 2.23. The molecule has 8 heteroatoms. The van der Waals surface area contributed by atoms with Crippen LogP contribution >= 0.6 is 0 Å². The van der Waals surface area contributed by atoms with Gasteiger partial charge in [0.1, 0.15) is 0 Å². The third-order valence-corrected chi connectivity index (χ3v) is 5.30. The molecule has 2 heterocycles. The normalized spacial score (nSPS) is 15.2. The van der Waals surface area contributed by atoms with Gasteiger partial charge in [0.2, 0.25) is 21.8 Å². The molecule has 0 aliphatic carbocycles. The number of aromatic nitrogens is 1. The van der Waals surface area contributed by atoms with Gasteiger partial charge >= 0.3 is 0 Å². The molecule has 1 aliphatic rings. The van der Waals surface area contributed by atoms with Crippen molar-refractivity contribution in [3.05, 3.63) is 48.3 Å². The van der Waals surface area contributed by atoms with E-state index in [1.54, 1.807) is 6.20 Å². The van der Waals surface area contributed by atoms with Crippen molar-refractivity contribution in [1.29, 1.82) is 0 Å². The van der Waals surface area contributed by atoms with Crippen LogP contribution in [0.1, 0.15) is 18.4 Å². The second-order valence-corrected chi connectivity index (χ2v) is 7.25. The Bertz CT molecular complexity index is 826. The summed E-state index contributed by atoms with van der Waals surface area (Å²) in [6.07, 6.45) is 4.56. The minimum absolute atomic E-state index is 0.0967. The topological polar surface area (TPSA) is 99.3 Å². The third-order valence-electron chi connectivity index (χ3n) is 3.82. The maximum Gasteiger partial charge on any atom is 0.240 e. The smallest absolute Gasteiger partial charge is 0.240 e. The van der Waals surface area contributed by atoms with Crippen molar-refractivity contribution in [3.63, 3.8) is 0 Å². The number of imide groups is 1. The first-order valence-electron chi connectivity index (χ1n) is 7.54. The first-order chi connectivity index (χ1) is 11.5. The van der Waals surface area contributed by atoms with Crippen LogP contribution in [0, 0.1) is 0 Å². The Kier molecular flexibility index (Phi) is 4.50. The largest absolute Gasteiger partial charge is 0.367 e. The van der Waals surface area contributed by atoms with Crippen LogP contribution in [0.2, 0.25) is 0 Å². The average Bonchev–Trinajstić information content (AvgIpc) is 3.18. The first-order valence-corrected chi connectivity index (χ1v) is 9.03. The monoisotopic (exact) mass is 347 g/mol. The SMILES string of the molecule is O=C1CCC(=O)N1c1ccc(S(=O)(=O)NCCc2cc[nH]c2)cc1. The minimum Gasteiger partial charge on any atom is -0.367 e. The van der Waals surface area contributed by atoms with Gasteiger partial charge in [-0.2, -0.15) is 0 Å². The maximum absolute atomic E-state index is 12.3. The predicted molar refractivity (Wildman–Crippen MR) is 87.9 cm³/mol. The molecule has 0 saturated carbocycles. The van der Waals surface area contributed by atoms with Crippen molar-refractivity contribution in [1.82, 2.24) is 9.71 Å². The van der Waals surface area contributed by atoms with Crippen LogP contribution in [-0.2, 0) is 26.0 Å². The van der Waals surface area contributed by atoms with Crippen molar-refractivity contribution < 1.29 is 18.0 Å². The van der Waals surface area contributed by atoms with Crippen LogP contribution < -0.4 is 9.62 Å². The van der Waals surface area contributed by atoms with Gasteiger partial charge in [0, 0.05) is 31.8 Å². The molecule has 7 nitrogen and oxygen atoms in total. The molecule has 1 saturated heterocycles. The number of sulfonamides is 1. The van der Waals surface area contributed by atoms with Gasteiger partial charge in [0.25, 0.3) is 0 Å². The quantitative estimate of drug-likeness (QED) is 0.767. The number of amides is 2. The highest BCUT2D eigenvalue weighted by Gasteiger charge is 2.30. The molecular formula is C16H17N3O4S. The Morgan fingerprint density at radius 1 is 1.04 bits per heavy atom. The van der Waals surface area contributed by atoms with Crippen LogP contribution in [0.15, 0.2) is 47.6 Å². The fraction of sp³-hybridized carbons (Fsp3) is 0.250. The standard InChI is InChI=1S/C16H17N3O4S/c20-15-5-6-16(21)19(15)13-1-3-14(4-2-13)24(22,23)18-10-8-12-7-9-17-11-12/h1-4,7,9,11,17-18H,5-6,8,10H2. The first kappa shape index (κ1) is 16.4. The van der Waals surface area contributed by atoms with Crippen LogP contribution in [-0.4, -0.2) is 31.8 Å². The van der Waals surface area contributed by atoms with Gasteiger partial charge in [-0.3, -0.25) is 14.5 Å². The molecule has 24 heavy (non-hydrogen) atoms. The molecule has 3 rings (SSSR count). The van der Waals surface area contributed by atoms with E-state index in [-0.39, 0.29) is 36.1 Å². The molecule has 2 aromatic rings. The number of nitrogens with one attached hydrogen (secondary N) is 2. The molecular weight excluding hydrogens is 330 g/mol. The zero-order valence-electron chi connectivity index (χ0n) is 12.9. The van der Waals surface area contributed by atoms with E-state index in [9.17, 15) is 18.0 Å². The molecule has 126 valence electrons. The van der Waals surface area contributed by atoms with E-state index in [0.29, 0.717) is 12.1 Å². The van der Waals surface area contributed by atoms with Gasteiger partial charge in [0.15, 0.2) is 0 Å². The number of rotatable bonds is 6. The minimum atomic E-state index is -3.63. The number of H-pyrrole nitrogens is 1. The molecule has 0 atom stereocenters. The van der Waals surface area contributed by atoms with E-state index in [1.165, 1.54) is 24.3 Å². The van der Waals surface area contributed by atoms with Crippen molar-refractivity contribution >= 4 is 27.5 Å². The van der Waals surface area contributed by atoms with Gasteiger partial charge in [-0.05, 0) is 42.3 Å². The third kappa shape index (κ3) is 3.39. The molecule has 0 spiro atoms. The summed E-state index contributed by atoms with van der Waals surface area (Å²) in [7, 11) is -3.63. The molecule has 2 amide bonds. The van der Waals surface area contributed by atoms with E-state index >= 15 is 0 Å². The van der Waals surface area contributed by atoms with Gasteiger partial charge in [-0.15, -0.1) is 0 Å². The van der Waals surface area contributed by atoms with E-state index in [4.69, 9.17) is 0 Å². The zero-order valence-corrected chi connectivity index (χ0v) is 13.7. The summed E-state index contributed by atoms with van der Waals surface area (Å²) in [4.78, 5) is 27.5. The molecule has 2 N–H and O–H groups in total. The Morgan fingerprint density at radius 2 is 1.71 bits per heavy atom. The van der Waals surface area contributed by atoms with Gasteiger partial charge in [-0.25, -0.2) is 13.1 Å². The number of aromatic amines is 1.